The van der Waals surface area contributed by atoms with E-state index in [9.17, 15) is 14.7 Å². The summed E-state index contributed by atoms with van der Waals surface area (Å²) in [7, 11) is 0. The second-order valence-corrected chi connectivity index (χ2v) is 9.41. The monoisotopic (exact) mass is 435 g/mol. The third kappa shape index (κ3) is 13.5. The van der Waals surface area contributed by atoms with Crippen LogP contribution in [0.2, 0.25) is 0 Å². The molecule has 0 saturated carbocycles. The average molecular weight is 436 g/mol. The zero-order valence-corrected chi connectivity index (χ0v) is 20.5. The average Bonchev–Trinajstić information content (AvgIpc) is 2.68. The van der Waals surface area contributed by atoms with Gasteiger partial charge in [-0.2, -0.15) is 11.8 Å². The van der Waals surface area contributed by atoms with Crippen LogP contribution in [0.3, 0.4) is 0 Å². The van der Waals surface area contributed by atoms with Gasteiger partial charge in [0, 0.05) is 23.3 Å². The Bertz CT molecular complexity index is 645. The van der Waals surface area contributed by atoms with Crippen molar-refractivity contribution in [3.05, 3.63) is 47.3 Å². The summed E-state index contributed by atoms with van der Waals surface area (Å²) in [5, 5.41) is 12.6. The van der Waals surface area contributed by atoms with Gasteiger partial charge in [-0.15, -0.1) is 0 Å². The van der Waals surface area contributed by atoms with Gasteiger partial charge in [-0.3, -0.25) is 4.79 Å². The molecule has 0 aliphatic carbocycles. The van der Waals surface area contributed by atoms with Crippen LogP contribution in [0.4, 0.5) is 0 Å². The van der Waals surface area contributed by atoms with E-state index in [-0.39, 0.29) is 17.6 Å². The number of carbonyl (C=O) groups excluding carboxylic acids is 2. The first kappa shape index (κ1) is 28.2. The summed E-state index contributed by atoms with van der Waals surface area (Å²) in [5.41, 5.74) is 4.15. The molecule has 0 saturated heterocycles. The molecule has 0 aromatic carbocycles. The predicted molar refractivity (Wildman–Crippen MR) is 131 cm³/mol. The largest absolute Gasteiger partial charge is 0.511 e. The Hall–Kier alpha value is -1.75. The van der Waals surface area contributed by atoms with Crippen LogP contribution in [0.5, 0.6) is 0 Å². The quantitative estimate of drug-likeness (QED) is 0.140. The van der Waals surface area contributed by atoms with Crippen molar-refractivity contribution in [2.75, 3.05) is 11.5 Å². The number of aldehydes is 1. The maximum Gasteiger partial charge on any atom is 0.224 e. The van der Waals surface area contributed by atoms with Gasteiger partial charge >= 0.3 is 0 Å². The summed E-state index contributed by atoms with van der Waals surface area (Å²) >= 11 is 1.64. The van der Waals surface area contributed by atoms with Crippen LogP contribution in [-0.2, 0) is 9.59 Å². The lowest BCUT2D eigenvalue weighted by atomic mass is 9.96. The summed E-state index contributed by atoms with van der Waals surface area (Å²) in [6.45, 7) is 15.6. The molecule has 0 heterocycles. The highest BCUT2D eigenvalue weighted by Gasteiger charge is 2.23. The van der Waals surface area contributed by atoms with E-state index in [2.05, 4.69) is 57.8 Å². The molecular weight excluding hydrogens is 394 g/mol. The lowest BCUT2D eigenvalue weighted by Crippen LogP contribution is -2.42. The molecule has 0 aliphatic heterocycles. The number of carbonyl (C=O) groups is 2. The molecule has 170 valence electrons. The van der Waals surface area contributed by atoms with E-state index < -0.39 is 12.0 Å². The Morgan fingerprint density at radius 3 is 2.13 bits per heavy atom. The molecule has 0 radical (unpaired) electrons. The molecular formula is C25H41NO3S. The van der Waals surface area contributed by atoms with Gasteiger partial charge in [0.1, 0.15) is 12.0 Å². The van der Waals surface area contributed by atoms with E-state index in [0.29, 0.717) is 5.75 Å². The molecule has 30 heavy (non-hydrogen) atoms. The van der Waals surface area contributed by atoms with E-state index in [0.717, 1.165) is 37.7 Å². The number of allylic oxidation sites excluding steroid dienone is 5. The summed E-state index contributed by atoms with van der Waals surface area (Å²) in [4.78, 5) is 23.1. The fourth-order valence-corrected chi connectivity index (χ4v) is 3.66. The van der Waals surface area contributed by atoms with Crippen LogP contribution in [-0.4, -0.2) is 34.8 Å². The molecule has 5 heteroatoms. The number of rotatable bonds is 15. The SMILES string of the molecule is C=C(O)C(CSC/C=C(\C)CC/C=C(\C)CCC=C(C)C)NC(=O)C(C)C(C)C=O. The second-order valence-electron chi connectivity index (χ2n) is 8.33. The van der Waals surface area contributed by atoms with Crippen molar-refractivity contribution in [3.8, 4) is 0 Å². The lowest BCUT2D eigenvalue weighted by Gasteiger charge is -2.21. The molecule has 2 N–H and O–H groups in total. The molecule has 0 aromatic rings. The topological polar surface area (TPSA) is 66.4 Å². The minimum absolute atomic E-state index is 0.0590. The maximum atomic E-state index is 12.2. The molecule has 0 aromatic heterocycles. The second kappa shape index (κ2) is 16.0. The fourth-order valence-electron chi connectivity index (χ4n) is 2.61. The Labute approximate surface area is 188 Å². The molecule has 0 fully saturated rings. The van der Waals surface area contributed by atoms with E-state index in [1.54, 1.807) is 25.6 Å². The first-order valence-corrected chi connectivity index (χ1v) is 11.9. The minimum Gasteiger partial charge on any atom is -0.511 e. The number of thioether (sulfide) groups is 1. The van der Waals surface area contributed by atoms with E-state index in [1.807, 2.05) is 0 Å². The highest BCUT2D eigenvalue weighted by molar-refractivity contribution is 7.99. The third-order valence-electron chi connectivity index (χ3n) is 5.09. The molecule has 1 amide bonds. The van der Waals surface area contributed by atoms with E-state index >= 15 is 0 Å². The van der Waals surface area contributed by atoms with Gasteiger partial charge in [0.25, 0.3) is 0 Å². The fraction of sp³-hybridized carbons (Fsp3) is 0.600. The van der Waals surface area contributed by atoms with Crippen LogP contribution in [0.1, 0.15) is 67.2 Å². The van der Waals surface area contributed by atoms with Crippen molar-refractivity contribution < 1.29 is 14.7 Å². The van der Waals surface area contributed by atoms with Gasteiger partial charge in [-0.05, 0) is 53.4 Å². The van der Waals surface area contributed by atoms with Crippen LogP contribution >= 0.6 is 11.8 Å². The lowest BCUT2D eigenvalue weighted by molar-refractivity contribution is -0.129. The van der Waals surface area contributed by atoms with Gasteiger partial charge in [0.05, 0.1) is 6.04 Å². The van der Waals surface area contributed by atoms with Gasteiger partial charge in [0.15, 0.2) is 0 Å². The zero-order chi connectivity index (χ0) is 23.1. The summed E-state index contributed by atoms with van der Waals surface area (Å²) in [6.07, 6.45) is 11.9. The van der Waals surface area contributed by atoms with E-state index in [4.69, 9.17) is 0 Å². The summed E-state index contributed by atoms with van der Waals surface area (Å²) in [5.74, 6) is 0.256. The number of hydrogen-bond acceptors (Lipinski definition) is 4. The smallest absolute Gasteiger partial charge is 0.224 e. The van der Waals surface area contributed by atoms with Crippen molar-refractivity contribution in [2.24, 2.45) is 11.8 Å². The number of aliphatic hydroxyl groups excluding tert-OH is 1. The Balaban J connectivity index is 4.35. The standard InChI is InChI=1S/C25H41NO3S/c1-18(2)10-8-11-19(3)12-9-13-20(4)14-15-30-17-24(23(7)28)26-25(29)22(6)21(5)16-27/h10,12,14,16,21-22,24,28H,7-9,11,13,15,17H2,1-6H3,(H,26,29)/b19-12+,20-14+. The van der Waals surface area contributed by atoms with Crippen LogP contribution in [0.25, 0.3) is 0 Å². The van der Waals surface area contributed by atoms with Gasteiger partial charge in [0.2, 0.25) is 5.91 Å². The van der Waals surface area contributed by atoms with Crippen molar-refractivity contribution >= 4 is 24.0 Å². The summed E-state index contributed by atoms with van der Waals surface area (Å²) in [6, 6.07) is -0.510. The normalized spacial score (nSPS) is 15.1. The number of nitrogens with one attached hydrogen (secondary N) is 1. The van der Waals surface area contributed by atoms with Gasteiger partial charge in [-0.1, -0.05) is 55.4 Å². The van der Waals surface area contributed by atoms with Gasteiger partial charge < -0.3 is 15.2 Å². The Kier molecular flexibility index (Phi) is 15.1. The van der Waals surface area contributed by atoms with Crippen molar-refractivity contribution in [1.82, 2.24) is 5.32 Å². The van der Waals surface area contributed by atoms with Crippen LogP contribution in [0, 0.1) is 11.8 Å². The highest BCUT2D eigenvalue weighted by Crippen LogP contribution is 2.15. The Morgan fingerprint density at radius 1 is 1.03 bits per heavy atom. The third-order valence-corrected chi connectivity index (χ3v) is 6.06. The minimum atomic E-state index is -0.510. The number of aliphatic hydroxyl groups is 1. The zero-order valence-electron chi connectivity index (χ0n) is 19.7. The summed E-state index contributed by atoms with van der Waals surface area (Å²) < 4.78 is 0. The van der Waals surface area contributed by atoms with Crippen molar-refractivity contribution in [2.45, 2.75) is 73.3 Å². The van der Waals surface area contributed by atoms with E-state index in [1.165, 1.54) is 16.7 Å². The highest BCUT2D eigenvalue weighted by atomic mass is 32.2. The predicted octanol–water partition coefficient (Wildman–Crippen LogP) is 6.17. The number of hydrogen-bond donors (Lipinski definition) is 2. The van der Waals surface area contributed by atoms with Crippen molar-refractivity contribution in [3.63, 3.8) is 0 Å². The Morgan fingerprint density at radius 2 is 1.60 bits per heavy atom. The van der Waals surface area contributed by atoms with Crippen molar-refractivity contribution in [1.29, 1.82) is 0 Å². The maximum absolute atomic E-state index is 12.2. The van der Waals surface area contributed by atoms with Gasteiger partial charge in [-0.25, -0.2) is 0 Å². The first-order chi connectivity index (χ1) is 14.1. The molecule has 0 spiro atoms. The molecule has 4 nitrogen and oxygen atoms in total. The number of amides is 1. The molecule has 0 bridgehead atoms. The van der Waals surface area contributed by atoms with Crippen LogP contribution in [0.15, 0.2) is 47.3 Å². The molecule has 3 atom stereocenters. The molecule has 0 rings (SSSR count). The molecule has 0 aliphatic rings. The van der Waals surface area contributed by atoms with Crippen LogP contribution < -0.4 is 5.32 Å². The first-order valence-electron chi connectivity index (χ1n) is 10.7. The molecule has 3 unspecified atom stereocenters.